The summed E-state index contributed by atoms with van der Waals surface area (Å²) in [7, 11) is 0. The molecule has 140 valence electrons. The highest BCUT2D eigenvalue weighted by Crippen LogP contribution is 2.23. The number of carbonyl (C=O) groups excluding carboxylic acids is 1. The third kappa shape index (κ3) is 3.70. The van der Waals surface area contributed by atoms with Crippen LogP contribution in [0, 0.1) is 13.8 Å². The van der Waals surface area contributed by atoms with E-state index in [1.807, 2.05) is 19.1 Å². The molecule has 1 amide bonds. The van der Waals surface area contributed by atoms with Crippen molar-refractivity contribution in [1.82, 2.24) is 9.55 Å². The van der Waals surface area contributed by atoms with E-state index >= 15 is 0 Å². The molecule has 4 rings (SSSR count). The van der Waals surface area contributed by atoms with Crippen molar-refractivity contribution in [2.24, 2.45) is 4.99 Å². The van der Waals surface area contributed by atoms with Gasteiger partial charge in [-0.3, -0.25) is 9.78 Å². The first-order valence-electron chi connectivity index (χ1n) is 8.94. The first-order valence-corrected chi connectivity index (χ1v) is 10.1. The molecule has 0 aliphatic carbocycles. The molecule has 1 aromatic carbocycles. The minimum atomic E-state index is -0.330. The first-order chi connectivity index (χ1) is 13.0. The van der Waals surface area contributed by atoms with Crippen LogP contribution in [0.25, 0.3) is 10.9 Å². The van der Waals surface area contributed by atoms with Crippen LogP contribution in [0.2, 0.25) is 5.02 Å². The van der Waals surface area contributed by atoms with Crippen LogP contribution >= 0.6 is 22.9 Å². The summed E-state index contributed by atoms with van der Waals surface area (Å²) in [6.45, 7) is 5.63. The van der Waals surface area contributed by atoms with Crippen LogP contribution in [0.15, 0.2) is 35.5 Å². The maximum atomic E-state index is 13.0. The molecule has 0 radical (unpaired) electrons. The lowest BCUT2D eigenvalue weighted by atomic mass is 10.1. The average Bonchev–Trinajstić information content (AvgIpc) is 3.25. The number of aromatic nitrogens is 2. The number of hydrogen-bond acceptors (Lipinski definition) is 4. The fourth-order valence-electron chi connectivity index (χ4n) is 3.36. The number of nitrogens with zero attached hydrogens (tertiary/aromatic N) is 3. The second-order valence-corrected chi connectivity index (χ2v) is 8.34. The van der Waals surface area contributed by atoms with Crippen molar-refractivity contribution in [3.05, 3.63) is 56.4 Å². The van der Waals surface area contributed by atoms with Crippen LogP contribution in [0.5, 0.6) is 0 Å². The molecule has 2 aromatic heterocycles. The van der Waals surface area contributed by atoms with E-state index in [0.717, 1.165) is 42.0 Å². The van der Waals surface area contributed by atoms with E-state index in [9.17, 15) is 4.79 Å². The van der Waals surface area contributed by atoms with Crippen molar-refractivity contribution in [2.45, 2.75) is 39.3 Å². The normalized spacial score (nSPS) is 17.7. The Bertz CT molecular complexity index is 1080. The second kappa shape index (κ2) is 7.54. The SMILES string of the molecule is Cc1s/c(=N\C(=O)c2cc(Cl)cc3cccnc23)n(CC2CCCO2)c1C. The summed E-state index contributed by atoms with van der Waals surface area (Å²) in [6.07, 6.45) is 3.97. The van der Waals surface area contributed by atoms with Gasteiger partial charge in [0.15, 0.2) is 4.80 Å². The van der Waals surface area contributed by atoms with E-state index in [1.165, 1.54) is 11.3 Å². The summed E-state index contributed by atoms with van der Waals surface area (Å²) in [5, 5.41) is 1.33. The molecule has 0 saturated carbocycles. The monoisotopic (exact) mass is 401 g/mol. The van der Waals surface area contributed by atoms with Crippen LogP contribution in [-0.2, 0) is 11.3 Å². The molecule has 1 aliphatic rings. The number of aryl methyl sites for hydroxylation is 1. The smallest absolute Gasteiger partial charge is 0.281 e. The minimum Gasteiger partial charge on any atom is -0.376 e. The van der Waals surface area contributed by atoms with Gasteiger partial charge in [-0.15, -0.1) is 11.3 Å². The van der Waals surface area contributed by atoms with Crippen LogP contribution < -0.4 is 4.80 Å². The lowest BCUT2D eigenvalue weighted by Crippen LogP contribution is -2.25. The van der Waals surface area contributed by atoms with Gasteiger partial charge in [-0.1, -0.05) is 17.7 Å². The standard InChI is InChI=1S/C20H20ClN3O2S/c1-12-13(2)27-20(24(12)11-16-6-4-8-26-16)23-19(25)17-10-15(21)9-14-5-3-7-22-18(14)17/h3,5,7,9-10,16H,4,6,8,11H2,1-2H3/b23-20-. The fraction of sp³-hybridized carbons (Fsp3) is 0.350. The largest absolute Gasteiger partial charge is 0.376 e. The van der Waals surface area contributed by atoms with Gasteiger partial charge >= 0.3 is 0 Å². The van der Waals surface area contributed by atoms with Crippen LogP contribution in [0.1, 0.15) is 33.8 Å². The molecule has 5 nitrogen and oxygen atoms in total. The number of halogens is 1. The molecule has 1 saturated heterocycles. The average molecular weight is 402 g/mol. The van der Waals surface area contributed by atoms with Crippen molar-refractivity contribution in [2.75, 3.05) is 6.61 Å². The molecule has 1 unspecified atom stereocenters. The predicted octanol–water partition coefficient (Wildman–Crippen LogP) is 4.29. The number of rotatable bonds is 3. The number of carbonyl (C=O) groups is 1. The Hall–Kier alpha value is -2.02. The Labute approximate surface area is 166 Å². The van der Waals surface area contributed by atoms with Gasteiger partial charge in [-0.25, -0.2) is 0 Å². The molecule has 0 bridgehead atoms. The number of thiazole rings is 1. The molecule has 1 fully saturated rings. The maximum absolute atomic E-state index is 13.0. The summed E-state index contributed by atoms with van der Waals surface area (Å²) < 4.78 is 7.86. The number of amides is 1. The summed E-state index contributed by atoms with van der Waals surface area (Å²) in [6, 6.07) is 7.16. The lowest BCUT2D eigenvalue weighted by molar-refractivity contribution is 0.0946. The lowest BCUT2D eigenvalue weighted by Gasteiger charge is -2.12. The molecule has 3 aromatic rings. The molecule has 1 atom stereocenters. The van der Waals surface area contributed by atoms with Crippen molar-refractivity contribution in [3.8, 4) is 0 Å². The molecule has 7 heteroatoms. The van der Waals surface area contributed by atoms with E-state index in [-0.39, 0.29) is 12.0 Å². The van der Waals surface area contributed by atoms with Crippen LogP contribution in [-0.4, -0.2) is 28.2 Å². The van der Waals surface area contributed by atoms with Gasteiger partial charge < -0.3 is 9.30 Å². The Morgan fingerprint density at radius 3 is 3.07 bits per heavy atom. The van der Waals surface area contributed by atoms with E-state index in [4.69, 9.17) is 16.3 Å². The van der Waals surface area contributed by atoms with Gasteiger partial charge in [-0.05, 0) is 44.9 Å². The minimum absolute atomic E-state index is 0.181. The molecular formula is C20H20ClN3O2S. The van der Waals surface area contributed by atoms with Gasteiger partial charge in [0.2, 0.25) is 0 Å². The predicted molar refractivity (Wildman–Crippen MR) is 107 cm³/mol. The van der Waals surface area contributed by atoms with Gasteiger partial charge in [0.25, 0.3) is 5.91 Å². The molecule has 27 heavy (non-hydrogen) atoms. The molecule has 3 heterocycles. The third-order valence-corrected chi connectivity index (χ3v) is 6.21. The number of benzene rings is 1. The molecule has 0 spiro atoms. The van der Waals surface area contributed by atoms with Gasteiger partial charge in [-0.2, -0.15) is 4.99 Å². The number of ether oxygens (including phenoxy) is 1. The van der Waals surface area contributed by atoms with Crippen molar-refractivity contribution in [1.29, 1.82) is 0 Å². The van der Waals surface area contributed by atoms with Crippen molar-refractivity contribution in [3.63, 3.8) is 0 Å². The van der Waals surface area contributed by atoms with E-state index in [0.29, 0.717) is 20.9 Å². The first kappa shape index (κ1) is 18.3. The molecule has 0 N–H and O–H groups in total. The zero-order chi connectivity index (χ0) is 19.0. The highest BCUT2D eigenvalue weighted by molar-refractivity contribution is 7.09. The summed E-state index contributed by atoms with van der Waals surface area (Å²) in [5.74, 6) is -0.330. The quantitative estimate of drug-likeness (QED) is 0.657. The van der Waals surface area contributed by atoms with Crippen molar-refractivity contribution < 1.29 is 9.53 Å². The number of pyridine rings is 1. The highest BCUT2D eigenvalue weighted by atomic mass is 35.5. The number of fused-ring (bicyclic) bond motifs is 1. The van der Waals surface area contributed by atoms with E-state index in [2.05, 4.69) is 21.5 Å². The topological polar surface area (TPSA) is 56.5 Å². The zero-order valence-corrected chi connectivity index (χ0v) is 16.8. The maximum Gasteiger partial charge on any atom is 0.281 e. The fourth-order valence-corrected chi connectivity index (χ4v) is 4.56. The van der Waals surface area contributed by atoms with Gasteiger partial charge in [0, 0.05) is 33.8 Å². The Morgan fingerprint density at radius 1 is 1.44 bits per heavy atom. The van der Waals surface area contributed by atoms with E-state index < -0.39 is 0 Å². The van der Waals surface area contributed by atoms with Crippen molar-refractivity contribution >= 4 is 39.7 Å². The Morgan fingerprint density at radius 2 is 2.30 bits per heavy atom. The zero-order valence-electron chi connectivity index (χ0n) is 15.2. The number of hydrogen-bond donors (Lipinski definition) is 0. The summed E-state index contributed by atoms with van der Waals surface area (Å²) >= 11 is 7.73. The highest BCUT2D eigenvalue weighted by Gasteiger charge is 2.19. The van der Waals surface area contributed by atoms with Gasteiger partial charge in [0.1, 0.15) is 0 Å². The third-order valence-electron chi connectivity index (χ3n) is 4.90. The Kier molecular flexibility index (Phi) is 5.12. The summed E-state index contributed by atoms with van der Waals surface area (Å²) in [4.78, 5) is 23.6. The molecular weight excluding hydrogens is 382 g/mol. The van der Waals surface area contributed by atoms with Crippen LogP contribution in [0.4, 0.5) is 0 Å². The summed E-state index contributed by atoms with van der Waals surface area (Å²) in [5.41, 5.74) is 2.16. The van der Waals surface area contributed by atoms with E-state index in [1.54, 1.807) is 18.3 Å². The Balaban J connectivity index is 1.78. The van der Waals surface area contributed by atoms with Gasteiger partial charge in [0.05, 0.1) is 23.7 Å². The molecule has 1 aliphatic heterocycles. The van der Waals surface area contributed by atoms with Crippen LogP contribution in [0.3, 0.4) is 0 Å². The second-order valence-electron chi connectivity index (χ2n) is 6.72.